The zero-order valence-corrected chi connectivity index (χ0v) is 9.42. The van der Waals surface area contributed by atoms with Crippen LogP contribution in [0.15, 0.2) is 30.6 Å². The van der Waals surface area contributed by atoms with Gasteiger partial charge in [-0.15, -0.1) is 10.2 Å². The van der Waals surface area contributed by atoms with Crippen molar-refractivity contribution in [1.29, 1.82) is 0 Å². The fraction of sp³-hybridized carbons (Fsp3) is 0.182. The molecule has 1 aromatic carbocycles. The van der Waals surface area contributed by atoms with Gasteiger partial charge >= 0.3 is 0 Å². The van der Waals surface area contributed by atoms with Crippen LogP contribution in [0.5, 0.6) is 0 Å². The molecule has 0 radical (unpaired) electrons. The van der Waals surface area contributed by atoms with Crippen LogP contribution in [0, 0.1) is 0 Å². The minimum absolute atomic E-state index is 0.0485. The van der Waals surface area contributed by atoms with E-state index in [0.29, 0.717) is 11.5 Å². The first-order valence-corrected chi connectivity index (χ1v) is 5.15. The van der Waals surface area contributed by atoms with Crippen LogP contribution in [0.1, 0.15) is 0 Å². The highest BCUT2D eigenvalue weighted by atomic mass is 16.1. The molecular formula is C11H13N5O. The molecule has 0 aliphatic carbocycles. The van der Waals surface area contributed by atoms with Crippen molar-refractivity contribution in [3.05, 3.63) is 30.6 Å². The Hall–Kier alpha value is -2.21. The van der Waals surface area contributed by atoms with Crippen molar-refractivity contribution in [2.45, 2.75) is 0 Å². The molecule has 1 aromatic heterocycles. The number of hydrogen-bond donors (Lipinski definition) is 2. The van der Waals surface area contributed by atoms with E-state index >= 15 is 0 Å². The Kier molecular flexibility index (Phi) is 3.15. The molecule has 0 spiro atoms. The number of carbonyl (C=O) groups excluding carboxylic acids is 1. The van der Waals surface area contributed by atoms with Gasteiger partial charge in [-0.25, -0.2) is 0 Å². The fourth-order valence-electron chi connectivity index (χ4n) is 1.52. The average molecular weight is 231 g/mol. The summed E-state index contributed by atoms with van der Waals surface area (Å²) in [7, 11) is 1.84. The zero-order chi connectivity index (χ0) is 12.3. The van der Waals surface area contributed by atoms with Crippen molar-refractivity contribution in [3.63, 3.8) is 0 Å². The minimum Gasteiger partial charge on any atom is -0.324 e. The summed E-state index contributed by atoms with van der Waals surface area (Å²) in [4.78, 5) is 11.3. The molecule has 1 amide bonds. The SMILES string of the molecule is Cn1cnnc1-c1ccccc1NC(=O)CN. The van der Waals surface area contributed by atoms with E-state index in [4.69, 9.17) is 5.73 Å². The number of para-hydroxylation sites is 1. The molecule has 0 aliphatic heterocycles. The quantitative estimate of drug-likeness (QED) is 0.799. The number of benzene rings is 1. The highest BCUT2D eigenvalue weighted by Crippen LogP contribution is 2.25. The fourth-order valence-corrected chi connectivity index (χ4v) is 1.52. The molecule has 0 aliphatic rings. The largest absolute Gasteiger partial charge is 0.324 e. The van der Waals surface area contributed by atoms with Crippen LogP contribution in [0.4, 0.5) is 5.69 Å². The number of nitrogens with one attached hydrogen (secondary N) is 1. The van der Waals surface area contributed by atoms with Gasteiger partial charge < -0.3 is 15.6 Å². The number of nitrogens with zero attached hydrogens (tertiary/aromatic N) is 3. The van der Waals surface area contributed by atoms with Crippen LogP contribution < -0.4 is 11.1 Å². The minimum atomic E-state index is -0.236. The maximum atomic E-state index is 11.3. The molecule has 2 aromatic rings. The standard InChI is InChI=1S/C11H13N5O/c1-16-7-13-15-11(16)8-4-2-3-5-9(8)14-10(17)6-12/h2-5,7H,6,12H2,1H3,(H,14,17). The maximum absolute atomic E-state index is 11.3. The molecule has 6 heteroatoms. The molecule has 17 heavy (non-hydrogen) atoms. The molecular weight excluding hydrogens is 218 g/mol. The van der Waals surface area contributed by atoms with Crippen LogP contribution in [-0.4, -0.2) is 27.2 Å². The van der Waals surface area contributed by atoms with Crippen LogP contribution in [0.2, 0.25) is 0 Å². The van der Waals surface area contributed by atoms with Gasteiger partial charge in [0.25, 0.3) is 0 Å². The lowest BCUT2D eigenvalue weighted by Gasteiger charge is -2.09. The van der Waals surface area contributed by atoms with Crippen molar-refractivity contribution in [3.8, 4) is 11.4 Å². The lowest BCUT2D eigenvalue weighted by molar-refractivity contribution is -0.114. The topological polar surface area (TPSA) is 85.8 Å². The summed E-state index contributed by atoms with van der Waals surface area (Å²) >= 11 is 0. The third-order valence-electron chi connectivity index (χ3n) is 2.34. The first-order valence-electron chi connectivity index (χ1n) is 5.15. The number of amides is 1. The molecule has 0 saturated carbocycles. The summed E-state index contributed by atoms with van der Waals surface area (Å²) in [6, 6.07) is 7.39. The third kappa shape index (κ3) is 2.31. The molecule has 0 bridgehead atoms. The molecule has 2 rings (SSSR count). The van der Waals surface area contributed by atoms with Gasteiger partial charge in [0.1, 0.15) is 6.33 Å². The van der Waals surface area contributed by atoms with Gasteiger partial charge in [0.05, 0.1) is 12.2 Å². The number of rotatable bonds is 3. The Labute approximate surface area is 98.5 Å². The van der Waals surface area contributed by atoms with E-state index in [2.05, 4.69) is 15.5 Å². The summed E-state index contributed by atoms with van der Waals surface area (Å²) in [5.41, 5.74) is 6.77. The second kappa shape index (κ2) is 4.75. The molecule has 0 atom stereocenters. The molecule has 0 unspecified atom stereocenters. The summed E-state index contributed by atoms with van der Waals surface area (Å²) in [5, 5.41) is 10.6. The van der Waals surface area contributed by atoms with Crippen LogP contribution in [0.25, 0.3) is 11.4 Å². The number of nitrogens with two attached hydrogens (primary N) is 1. The zero-order valence-electron chi connectivity index (χ0n) is 9.42. The van der Waals surface area contributed by atoms with Crippen molar-refractivity contribution in [2.24, 2.45) is 12.8 Å². The van der Waals surface area contributed by atoms with Gasteiger partial charge in [0, 0.05) is 12.6 Å². The van der Waals surface area contributed by atoms with Crippen molar-refractivity contribution in [2.75, 3.05) is 11.9 Å². The van der Waals surface area contributed by atoms with E-state index in [9.17, 15) is 4.79 Å². The molecule has 3 N–H and O–H groups in total. The first-order chi connectivity index (χ1) is 8.22. The van der Waals surface area contributed by atoms with Gasteiger partial charge in [0.15, 0.2) is 5.82 Å². The Morgan fingerprint density at radius 1 is 1.47 bits per heavy atom. The Bertz CT molecular complexity index is 534. The number of aromatic nitrogens is 3. The highest BCUT2D eigenvalue weighted by molar-refractivity contribution is 5.95. The summed E-state index contributed by atoms with van der Waals surface area (Å²) in [6.07, 6.45) is 1.61. The predicted molar refractivity (Wildman–Crippen MR) is 64.1 cm³/mol. The van der Waals surface area contributed by atoms with Gasteiger partial charge in [-0.2, -0.15) is 0 Å². The smallest absolute Gasteiger partial charge is 0.238 e. The average Bonchev–Trinajstić information content (AvgIpc) is 2.76. The number of carbonyl (C=O) groups is 1. The summed E-state index contributed by atoms with van der Waals surface area (Å²) < 4.78 is 1.79. The van der Waals surface area contributed by atoms with E-state index in [1.165, 1.54) is 0 Å². The lowest BCUT2D eigenvalue weighted by Crippen LogP contribution is -2.22. The summed E-state index contributed by atoms with van der Waals surface area (Å²) in [6.45, 7) is -0.0485. The van der Waals surface area contributed by atoms with Crippen molar-refractivity contribution >= 4 is 11.6 Å². The molecule has 6 nitrogen and oxygen atoms in total. The Balaban J connectivity index is 2.41. The van der Waals surface area contributed by atoms with Gasteiger partial charge in [-0.1, -0.05) is 12.1 Å². The van der Waals surface area contributed by atoms with Gasteiger partial charge in [-0.05, 0) is 12.1 Å². The molecule has 0 fully saturated rings. The monoisotopic (exact) mass is 231 g/mol. The van der Waals surface area contributed by atoms with Crippen molar-refractivity contribution in [1.82, 2.24) is 14.8 Å². The van der Waals surface area contributed by atoms with E-state index in [1.54, 1.807) is 17.0 Å². The van der Waals surface area contributed by atoms with E-state index < -0.39 is 0 Å². The van der Waals surface area contributed by atoms with Gasteiger partial charge in [0.2, 0.25) is 5.91 Å². The van der Waals surface area contributed by atoms with Crippen molar-refractivity contribution < 1.29 is 4.79 Å². The highest BCUT2D eigenvalue weighted by Gasteiger charge is 2.10. The van der Waals surface area contributed by atoms with E-state index in [0.717, 1.165) is 5.56 Å². The van der Waals surface area contributed by atoms with Crippen LogP contribution in [0.3, 0.4) is 0 Å². The molecule has 88 valence electrons. The Morgan fingerprint density at radius 2 is 2.24 bits per heavy atom. The third-order valence-corrected chi connectivity index (χ3v) is 2.34. The van der Waals surface area contributed by atoms with Crippen LogP contribution in [-0.2, 0) is 11.8 Å². The van der Waals surface area contributed by atoms with Crippen LogP contribution >= 0.6 is 0 Å². The van der Waals surface area contributed by atoms with Gasteiger partial charge in [-0.3, -0.25) is 4.79 Å². The molecule has 1 heterocycles. The Morgan fingerprint density at radius 3 is 2.88 bits per heavy atom. The number of anilines is 1. The number of aryl methyl sites for hydroxylation is 1. The van der Waals surface area contributed by atoms with E-state index in [1.807, 2.05) is 25.2 Å². The maximum Gasteiger partial charge on any atom is 0.238 e. The normalized spacial score (nSPS) is 10.2. The molecule has 0 saturated heterocycles. The predicted octanol–water partition coefficient (Wildman–Crippen LogP) is 0.379. The number of hydrogen-bond acceptors (Lipinski definition) is 4. The second-order valence-electron chi connectivity index (χ2n) is 3.56. The lowest BCUT2D eigenvalue weighted by atomic mass is 10.1. The second-order valence-corrected chi connectivity index (χ2v) is 3.56. The first kappa shape index (κ1) is 11.3. The summed E-state index contributed by atoms with van der Waals surface area (Å²) in [5.74, 6) is 0.456. The van der Waals surface area contributed by atoms with E-state index in [-0.39, 0.29) is 12.5 Å².